The zero-order valence-corrected chi connectivity index (χ0v) is 46.4. The van der Waals surface area contributed by atoms with Crippen LogP contribution in [0.2, 0.25) is 0 Å². The first-order chi connectivity index (χ1) is 37.2. The van der Waals surface area contributed by atoms with E-state index in [0.717, 1.165) is 31.6 Å². The first kappa shape index (κ1) is 46.4. The summed E-state index contributed by atoms with van der Waals surface area (Å²) in [6, 6.07) is 102. The van der Waals surface area contributed by atoms with E-state index in [4.69, 9.17) is 19.9 Å². The van der Waals surface area contributed by atoms with Crippen LogP contribution in [0.4, 0.5) is 0 Å². The van der Waals surface area contributed by atoms with E-state index in [2.05, 4.69) is 304 Å². The van der Waals surface area contributed by atoms with Crippen molar-refractivity contribution in [2.45, 2.75) is 0 Å². The third-order valence-corrected chi connectivity index (χ3v) is 39.3. The van der Waals surface area contributed by atoms with E-state index < -0.39 is 34.6 Å². The van der Waals surface area contributed by atoms with Crippen LogP contribution < -0.4 is 56.4 Å². The fraction of sp³-hybridized carbons (Fsp3) is 0. The molecule has 7 heteroatoms. The molecule has 0 saturated heterocycles. The summed E-state index contributed by atoms with van der Waals surface area (Å²) in [6.45, 7) is 0. The summed E-state index contributed by atoms with van der Waals surface area (Å²) in [5.74, 6) is 0. The van der Waals surface area contributed by atoms with Crippen molar-refractivity contribution in [2.75, 3.05) is 0 Å². The Kier molecular flexibility index (Phi) is 12.3. The molecule has 1 aliphatic heterocycles. The van der Waals surface area contributed by atoms with E-state index in [1.807, 2.05) is 0 Å². The molecule has 2 aromatic heterocycles. The van der Waals surface area contributed by atoms with Crippen molar-refractivity contribution in [2.24, 2.45) is 0 Å². The molecule has 0 unspecified atom stereocenters. The molecular weight excluding hydrogens is 1050 g/mol. The molecule has 0 amide bonds. The molecule has 75 heavy (non-hydrogen) atoms. The molecule has 10 aromatic carbocycles. The Morgan fingerprint density at radius 1 is 0.240 bits per heavy atom. The molecule has 0 atom stereocenters. The summed E-state index contributed by atoms with van der Waals surface area (Å²) in [5, 5.41) is 5.46. The van der Waals surface area contributed by atoms with Gasteiger partial charge in [-0.15, -0.1) is 0 Å². The monoisotopic (exact) mass is 1100 g/mol. The molecule has 0 fully saturated rings. The molecule has 3 heterocycles. The van der Waals surface area contributed by atoms with Crippen LogP contribution in [0.25, 0.3) is 33.4 Å². The van der Waals surface area contributed by atoms with Crippen LogP contribution in [0.1, 0.15) is 0 Å². The summed E-state index contributed by atoms with van der Waals surface area (Å²) in [7, 11) is -2.81. The number of aromatic nitrogens is 4. The van der Waals surface area contributed by atoms with E-state index in [1.54, 1.807) is 0 Å². The number of rotatable bonds is 12. The SMILES string of the molecule is c1ccc([Si]2(c3ccccc3)c3ccc(-c4cn[c]([Ge]([c]5ccccc5)([c]5ccccc5)[c]5ccccc5)nc4)cc3-c3cc(-c4cn[c]([Ge]([c]5ccccc5)([c]5ccccc5)[c]5ccccc5)nc4)ccc32)cc1. The molecule has 0 radical (unpaired) electrons. The summed E-state index contributed by atoms with van der Waals surface area (Å²) >= 11 is -7.34. The van der Waals surface area contributed by atoms with Crippen molar-refractivity contribution in [3.8, 4) is 33.4 Å². The van der Waals surface area contributed by atoms with Crippen LogP contribution in [-0.2, 0) is 0 Å². The predicted molar refractivity (Wildman–Crippen MR) is 318 cm³/mol. The second-order valence-electron chi connectivity index (χ2n) is 19.3. The Balaban J connectivity index is 0.971. The fourth-order valence-corrected chi connectivity index (χ4v) is 35.6. The quantitative estimate of drug-likeness (QED) is 0.128. The van der Waals surface area contributed by atoms with Gasteiger partial charge in [0.05, 0.1) is 0 Å². The van der Waals surface area contributed by atoms with Gasteiger partial charge in [-0.2, -0.15) is 0 Å². The summed E-state index contributed by atoms with van der Waals surface area (Å²) in [6.07, 6.45) is 8.25. The molecule has 12 aromatic rings. The molecule has 0 bridgehead atoms. The topological polar surface area (TPSA) is 51.6 Å². The third kappa shape index (κ3) is 7.72. The van der Waals surface area contributed by atoms with Crippen LogP contribution in [0.15, 0.2) is 304 Å². The minimum absolute atomic E-state index is 0.906. The van der Waals surface area contributed by atoms with Crippen molar-refractivity contribution in [1.82, 2.24) is 19.9 Å². The van der Waals surface area contributed by atoms with Gasteiger partial charge in [-0.1, -0.05) is 12.1 Å². The summed E-state index contributed by atoms with van der Waals surface area (Å²) in [5.41, 5.74) is 6.60. The van der Waals surface area contributed by atoms with Crippen LogP contribution in [-0.4, -0.2) is 54.5 Å². The number of benzene rings is 10. The van der Waals surface area contributed by atoms with Gasteiger partial charge in [0.2, 0.25) is 0 Å². The summed E-state index contributed by atoms with van der Waals surface area (Å²) in [4.78, 5) is 21.7. The van der Waals surface area contributed by atoms with Crippen molar-refractivity contribution >= 4 is 91.0 Å². The number of hydrogen-bond donors (Lipinski definition) is 0. The Morgan fingerprint density at radius 3 is 0.733 bits per heavy atom. The van der Waals surface area contributed by atoms with Gasteiger partial charge < -0.3 is 0 Å². The molecule has 13 rings (SSSR count). The molecule has 0 spiro atoms. The zero-order chi connectivity index (χ0) is 50.1. The zero-order valence-electron chi connectivity index (χ0n) is 41.2. The summed E-state index contributed by atoms with van der Waals surface area (Å²) < 4.78 is 9.57. The van der Waals surface area contributed by atoms with Crippen molar-refractivity contribution < 1.29 is 0 Å². The van der Waals surface area contributed by atoms with E-state index in [0.29, 0.717) is 0 Å². The Bertz CT molecular complexity index is 3440. The van der Waals surface area contributed by atoms with Gasteiger partial charge in [-0.3, -0.25) is 0 Å². The number of fused-ring (bicyclic) bond motifs is 3. The van der Waals surface area contributed by atoms with E-state index in [-0.39, 0.29) is 0 Å². The molecule has 4 nitrogen and oxygen atoms in total. The van der Waals surface area contributed by atoms with Crippen molar-refractivity contribution in [3.63, 3.8) is 0 Å². The molecular formula is C68H50Ge2N4Si. The Morgan fingerprint density at radius 2 is 0.480 bits per heavy atom. The Hall–Kier alpha value is -8.34. The van der Waals surface area contributed by atoms with Gasteiger partial charge >= 0.3 is 436 Å². The molecule has 0 N–H and O–H groups in total. The minimum atomic E-state index is -3.67. The fourth-order valence-electron chi connectivity index (χ4n) is 12.1. The van der Waals surface area contributed by atoms with Gasteiger partial charge in [0.25, 0.3) is 0 Å². The molecule has 1 aliphatic rings. The predicted octanol–water partition coefficient (Wildman–Crippen LogP) is 6.71. The van der Waals surface area contributed by atoms with Crippen LogP contribution in [0, 0.1) is 0 Å². The van der Waals surface area contributed by atoms with Crippen LogP contribution in [0.3, 0.4) is 0 Å². The average Bonchev–Trinajstić information content (AvgIpc) is 3.80. The maximum atomic E-state index is 5.43. The standard InChI is InChI=1S/C68H50Ge2N4Si/c1-9-25-55(26-10-1)69(56-27-11-2-12-28-56,57-29-13-3-14-30-57)67-71-47-53(48-72-67)51-41-43-65-63(45-51)64-46-52(42-44-66(64)75(65,61-37-21-7-22-38-61)62-39-23-8-24-40-62)54-49-73-68(74-50-54)70(58-31-15-4-16-32-58,59-33-17-5-18-34-59)60-35-19-6-20-36-60/h1-50H. The van der Waals surface area contributed by atoms with Gasteiger partial charge in [0.1, 0.15) is 0 Å². The van der Waals surface area contributed by atoms with E-state index >= 15 is 0 Å². The van der Waals surface area contributed by atoms with Crippen LogP contribution >= 0.6 is 0 Å². The van der Waals surface area contributed by atoms with Crippen molar-refractivity contribution in [3.05, 3.63) is 304 Å². The normalized spacial score (nSPS) is 12.6. The molecule has 0 saturated carbocycles. The second kappa shape index (κ2) is 19.8. The van der Waals surface area contributed by atoms with Gasteiger partial charge in [-0.25, -0.2) is 0 Å². The van der Waals surface area contributed by atoms with Gasteiger partial charge in [0, 0.05) is 0 Å². The average molecular weight is 1100 g/mol. The maximum absolute atomic E-state index is 5.43. The van der Waals surface area contributed by atoms with Gasteiger partial charge in [0.15, 0.2) is 0 Å². The number of nitrogens with zero attached hydrogens (tertiary/aromatic N) is 4. The first-order valence-electron chi connectivity index (χ1n) is 25.6. The molecule has 354 valence electrons. The molecule has 0 aliphatic carbocycles. The van der Waals surface area contributed by atoms with Gasteiger partial charge in [-0.05, 0) is 0 Å². The third-order valence-electron chi connectivity index (χ3n) is 15.4. The number of hydrogen-bond acceptors (Lipinski definition) is 4. The van der Waals surface area contributed by atoms with E-state index in [9.17, 15) is 0 Å². The second-order valence-corrected chi connectivity index (χ2v) is 38.5. The van der Waals surface area contributed by atoms with Crippen LogP contribution in [0.5, 0.6) is 0 Å². The first-order valence-corrected chi connectivity index (χ1v) is 36.0. The Labute approximate surface area is 445 Å². The van der Waals surface area contributed by atoms with Crippen molar-refractivity contribution in [1.29, 1.82) is 0 Å². The van der Waals surface area contributed by atoms with E-state index in [1.165, 1.54) is 58.2 Å².